The normalized spacial score (nSPS) is 15.5. The van der Waals surface area contributed by atoms with Gasteiger partial charge in [0.05, 0.1) is 38.4 Å². The van der Waals surface area contributed by atoms with Gasteiger partial charge < -0.3 is 23.4 Å². The molecule has 0 aliphatic carbocycles. The third-order valence-corrected chi connectivity index (χ3v) is 7.65. The number of amides is 1. The number of sulfonamides is 1. The fourth-order valence-electron chi connectivity index (χ4n) is 3.69. The van der Waals surface area contributed by atoms with Crippen molar-refractivity contribution in [1.82, 2.24) is 14.5 Å². The van der Waals surface area contributed by atoms with Crippen LogP contribution < -0.4 is 19.5 Å². The summed E-state index contributed by atoms with van der Waals surface area (Å²) in [5.41, 5.74) is 0.0296. The minimum Gasteiger partial charge on any atom is -0.493 e. The van der Waals surface area contributed by atoms with Crippen LogP contribution in [0.4, 0.5) is 6.01 Å². The molecule has 0 bridgehead atoms. The predicted molar refractivity (Wildman–Crippen MR) is 128 cm³/mol. The van der Waals surface area contributed by atoms with E-state index in [1.54, 1.807) is 26.0 Å². The highest BCUT2D eigenvalue weighted by molar-refractivity contribution is 7.89. The number of ether oxygens (including phenoxy) is 4. The second kappa shape index (κ2) is 9.76. The van der Waals surface area contributed by atoms with E-state index in [0.717, 1.165) is 0 Å². The van der Waals surface area contributed by atoms with Crippen LogP contribution in [0.5, 0.6) is 17.2 Å². The number of aromatic nitrogens is 2. The molecule has 0 radical (unpaired) electrons. The van der Waals surface area contributed by atoms with E-state index >= 15 is 0 Å². The van der Waals surface area contributed by atoms with Gasteiger partial charge in [-0.25, -0.2) is 8.42 Å². The number of carbonyl (C=O) groups is 1. The molecule has 13 heteroatoms. The van der Waals surface area contributed by atoms with Gasteiger partial charge >= 0.3 is 6.01 Å². The summed E-state index contributed by atoms with van der Waals surface area (Å²) in [6.45, 7) is 3.85. The van der Waals surface area contributed by atoms with Crippen LogP contribution in [-0.4, -0.2) is 69.0 Å². The number of rotatable bonds is 8. The molecule has 2 heterocycles. The van der Waals surface area contributed by atoms with Crippen LogP contribution in [0.15, 0.2) is 45.7 Å². The summed E-state index contributed by atoms with van der Waals surface area (Å²) in [5, 5.41) is 10.3. The maximum absolute atomic E-state index is 13.0. The zero-order chi connectivity index (χ0) is 26.1. The van der Waals surface area contributed by atoms with Crippen molar-refractivity contribution in [2.24, 2.45) is 0 Å². The molecule has 1 N–H and O–H groups in total. The van der Waals surface area contributed by atoms with Gasteiger partial charge in [-0.3, -0.25) is 10.1 Å². The molecular weight excluding hydrogens is 492 g/mol. The molecule has 0 atom stereocenters. The third-order valence-electron chi connectivity index (χ3n) is 5.60. The molecule has 36 heavy (non-hydrogen) atoms. The third kappa shape index (κ3) is 4.72. The van der Waals surface area contributed by atoms with Crippen LogP contribution in [0.3, 0.4) is 0 Å². The molecule has 192 valence electrons. The fraction of sp³-hybridized carbons (Fsp3) is 0.348. The summed E-state index contributed by atoms with van der Waals surface area (Å²) < 4.78 is 54.1. The zero-order valence-electron chi connectivity index (χ0n) is 20.4. The number of methoxy groups -OCH3 is 3. The maximum atomic E-state index is 13.0. The van der Waals surface area contributed by atoms with Crippen molar-refractivity contribution in [2.75, 3.05) is 40.0 Å². The Balaban J connectivity index is 1.50. The largest absolute Gasteiger partial charge is 0.493 e. The molecule has 1 aromatic heterocycles. The Kier molecular flexibility index (Phi) is 6.89. The number of hydrogen-bond acceptors (Lipinski definition) is 10. The van der Waals surface area contributed by atoms with E-state index in [1.165, 1.54) is 49.9 Å². The Morgan fingerprint density at radius 2 is 1.67 bits per heavy atom. The first-order chi connectivity index (χ1) is 17.1. The van der Waals surface area contributed by atoms with Crippen molar-refractivity contribution in [2.45, 2.75) is 24.3 Å². The minimum absolute atomic E-state index is 0.0248. The van der Waals surface area contributed by atoms with Gasteiger partial charge in [0.2, 0.25) is 21.7 Å². The molecule has 3 aromatic rings. The predicted octanol–water partition coefficient (Wildman–Crippen LogP) is 2.77. The highest BCUT2D eigenvalue weighted by atomic mass is 32.2. The Labute approximate surface area is 208 Å². The Morgan fingerprint density at radius 1 is 1.03 bits per heavy atom. The molecule has 1 amide bonds. The molecule has 1 saturated heterocycles. The van der Waals surface area contributed by atoms with E-state index in [2.05, 4.69) is 15.5 Å². The van der Waals surface area contributed by atoms with E-state index < -0.39 is 21.5 Å². The topological polar surface area (TPSA) is 142 Å². The summed E-state index contributed by atoms with van der Waals surface area (Å²) in [6.07, 6.45) is 0. The number of carbonyl (C=O) groups excluding carboxylic acids is 1. The highest BCUT2D eigenvalue weighted by Gasteiger charge is 2.42. The van der Waals surface area contributed by atoms with Gasteiger partial charge in [-0.15, -0.1) is 5.10 Å². The second-order valence-corrected chi connectivity index (χ2v) is 10.3. The molecule has 1 fully saturated rings. The first kappa shape index (κ1) is 25.4. The first-order valence-electron chi connectivity index (χ1n) is 10.8. The van der Waals surface area contributed by atoms with Crippen molar-refractivity contribution in [3.8, 4) is 28.7 Å². The van der Waals surface area contributed by atoms with Gasteiger partial charge in [-0.2, -0.15) is 4.31 Å². The van der Waals surface area contributed by atoms with Crippen molar-refractivity contribution >= 4 is 21.9 Å². The van der Waals surface area contributed by atoms with E-state index in [4.69, 9.17) is 23.4 Å². The van der Waals surface area contributed by atoms with E-state index in [0.29, 0.717) is 29.4 Å². The summed E-state index contributed by atoms with van der Waals surface area (Å²) in [5.74, 6) is 0.762. The van der Waals surface area contributed by atoms with E-state index in [9.17, 15) is 13.2 Å². The molecule has 0 saturated carbocycles. The molecule has 0 unspecified atom stereocenters. The lowest BCUT2D eigenvalue weighted by Gasteiger charge is -2.28. The second-order valence-electron chi connectivity index (χ2n) is 8.45. The van der Waals surface area contributed by atoms with Gasteiger partial charge in [-0.05, 0) is 50.2 Å². The van der Waals surface area contributed by atoms with Gasteiger partial charge in [-0.1, -0.05) is 5.10 Å². The van der Waals surface area contributed by atoms with Crippen LogP contribution in [0.25, 0.3) is 11.5 Å². The summed E-state index contributed by atoms with van der Waals surface area (Å²) >= 11 is 0. The minimum atomic E-state index is -3.79. The Bertz CT molecular complexity index is 1340. The smallest absolute Gasteiger partial charge is 0.322 e. The number of nitrogens with zero attached hydrogens (tertiary/aromatic N) is 3. The van der Waals surface area contributed by atoms with Crippen LogP contribution in [0, 0.1) is 0 Å². The van der Waals surface area contributed by atoms with Crippen LogP contribution in [0.2, 0.25) is 0 Å². The first-order valence-corrected chi connectivity index (χ1v) is 12.2. The van der Waals surface area contributed by atoms with Gasteiger partial charge in [0.15, 0.2) is 11.5 Å². The summed E-state index contributed by atoms with van der Waals surface area (Å²) in [4.78, 5) is 12.7. The Hall–Kier alpha value is -3.68. The highest BCUT2D eigenvalue weighted by Crippen LogP contribution is 2.41. The summed E-state index contributed by atoms with van der Waals surface area (Å²) in [7, 11) is 0.671. The van der Waals surface area contributed by atoms with E-state index in [-0.39, 0.29) is 29.1 Å². The van der Waals surface area contributed by atoms with Gasteiger partial charge in [0.25, 0.3) is 5.91 Å². The number of benzene rings is 2. The van der Waals surface area contributed by atoms with Gasteiger partial charge in [0, 0.05) is 11.1 Å². The monoisotopic (exact) mass is 518 g/mol. The van der Waals surface area contributed by atoms with Crippen LogP contribution in [0.1, 0.15) is 24.2 Å². The molecule has 2 aromatic carbocycles. The van der Waals surface area contributed by atoms with Crippen molar-refractivity contribution in [1.29, 1.82) is 0 Å². The van der Waals surface area contributed by atoms with Gasteiger partial charge in [0.1, 0.15) is 6.73 Å². The average Bonchev–Trinajstić information content (AvgIpc) is 3.48. The number of anilines is 1. The number of hydrogen-bond donors (Lipinski definition) is 1. The molecule has 1 aliphatic rings. The number of nitrogens with one attached hydrogen (secondary N) is 1. The van der Waals surface area contributed by atoms with Crippen molar-refractivity contribution in [3.05, 3.63) is 42.0 Å². The van der Waals surface area contributed by atoms with Crippen LogP contribution >= 0.6 is 0 Å². The quantitative estimate of drug-likeness (QED) is 0.473. The lowest BCUT2D eigenvalue weighted by atomic mass is 10.1. The fourth-order valence-corrected chi connectivity index (χ4v) is 5.34. The molecule has 1 aliphatic heterocycles. The van der Waals surface area contributed by atoms with E-state index in [1.807, 2.05) is 0 Å². The standard InChI is InChI=1S/C23H26N4O8S/c1-23(2)12-34-13-27(23)36(29,30)16-8-6-14(7-9-16)20(28)24-22-26-25-21(35-22)15-10-17(31-3)19(33-5)18(11-15)32-4/h6-11H,12-13H2,1-5H3,(H,24,26,28). The molecular formula is C23H26N4O8S. The molecule has 0 spiro atoms. The lowest BCUT2D eigenvalue weighted by Crippen LogP contribution is -2.44. The zero-order valence-corrected chi connectivity index (χ0v) is 21.2. The van der Waals surface area contributed by atoms with Crippen molar-refractivity contribution < 1.29 is 36.6 Å². The molecule has 4 rings (SSSR count). The lowest BCUT2D eigenvalue weighted by molar-refractivity contribution is 0.102. The van der Waals surface area contributed by atoms with Crippen LogP contribution in [-0.2, 0) is 14.8 Å². The molecule has 12 nitrogen and oxygen atoms in total. The Morgan fingerprint density at radius 3 is 2.19 bits per heavy atom. The maximum Gasteiger partial charge on any atom is 0.322 e. The van der Waals surface area contributed by atoms with Crippen molar-refractivity contribution in [3.63, 3.8) is 0 Å². The average molecular weight is 519 g/mol. The summed E-state index contributed by atoms with van der Waals surface area (Å²) in [6, 6.07) is 8.67. The SMILES string of the molecule is COc1cc(-c2nnc(NC(=O)c3ccc(S(=O)(=O)N4COCC4(C)C)cc3)o2)cc(OC)c1OC.